The molecule has 2 rings (SSSR count). The maximum atomic E-state index is 15.2. The average Bonchev–Trinajstić information content (AvgIpc) is 2.93. The van der Waals surface area contributed by atoms with Gasteiger partial charge in [0.05, 0.1) is 30.3 Å². The summed E-state index contributed by atoms with van der Waals surface area (Å²) in [5.41, 5.74) is 1.87. The summed E-state index contributed by atoms with van der Waals surface area (Å²) in [6, 6.07) is 11.0. The molecular formula is C30H36F2O6. The quantitative estimate of drug-likeness (QED) is 0.185. The summed E-state index contributed by atoms with van der Waals surface area (Å²) in [5.74, 6) is -5.05. The van der Waals surface area contributed by atoms with Crippen molar-refractivity contribution in [2.75, 3.05) is 26.4 Å². The van der Waals surface area contributed by atoms with E-state index in [-0.39, 0.29) is 28.7 Å². The fourth-order valence-electron chi connectivity index (χ4n) is 3.76. The number of unbranched alkanes of at least 4 members (excludes halogenated alkanes) is 2. The Labute approximate surface area is 222 Å². The standard InChI is InChI=1S/C30H36F2O6/c1-4-5-6-7-22-8-10-23(11-9-22)12-13-24-14-15-26(28(32)27(24)31)25(18-37-29(35)20(2)16-33)19-38-30(36)21(3)17-34/h8-11,14-15,25,33-34H,2-7,12-13,16-19H2,1H3. The number of ether oxygens (including phenoxy) is 2. The van der Waals surface area contributed by atoms with Gasteiger partial charge in [-0.1, -0.05) is 69.3 Å². The van der Waals surface area contributed by atoms with E-state index in [2.05, 4.69) is 32.2 Å². The first-order chi connectivity index (χ1) is 18.2. The molecule has 38 heavy (non-hydrogen) atoms. The number of carbonyl (C=O) groups is 2. The number of benzene rings is 2. The molecule has 2 N–H and O–H groups in total. The van der Waals surface area contributed by atoms with Crippen LogP contribution in [0.4, 0.5) is 8.78 Å². The lowest BCUT2D eigenvalue weighted by molar-refractivity contribution is -0.143. The van der Waals surface area contributed by atoms with E-state index in [0.717, 1.165) is 24.8 Å². The first-order valence-corrected chi connectivity index (χ1v) is 12.7. The lowest BCUT2D eigenvalue weighted by Crippen LogP contribution is -2.23. The van der Waals surface area contributed by atoms with Gasteiger partial charge in [-0.05, 0) is 42.4 Å². The third-order valence-corrected chi connectivity index (χ3v) is 6.20. The molecule has 2 aromatic rings. The van der Waals surface area contributed by atoms with Crippen LogP contribution in [-0.2, 0) is 38.3 Å². The van der Waals surface area contributed by atoms with Gasteiger partial charge in [-0.2, -0.15) is 0 Å². The minimum Gasteiger partial charge on any atom is -0.461 e. The van der Waals surface area contributed by atoms with Crippen molar-refractivity contribution in [2.24, 2.45) is 0 Å². The number of aryl methyl sites for hydroxylation is 3. The second-order valence-electron chi connectivity index (χ2n) is 9.13. The molecule has 0 unspecified atom stereocenters. The highest BCUT2D eigenvalue weighted by Gasteiger charge is 2.24. The van der Waals surface area contributed by atoms with Crippen molar-refractivity contribution in [2.45, 2.75) is 51.4 Å². The van der Waals surface area contributed by atoms with Crippen LogP contribution in [0.5, 0.6) is 0 Å². The summed E-state index contributed by atoms with van der Waals surface area (Å²) >= 11 is 0. The van der Waals surface area contributed by atoms with E-state index < -0.39 is 55.9 Å². The third kappa shape index (κ3) is 9.19. The first kappa shape index (κ1) is 30.9. The number of aliphatic hydroxyl groups excluding tert-OH is 2. The summed E-state index contributed by atoms with van der Waals surface area (Å²) in [6.45, 7) is 6.69. The van der Waals surface area contributed by atoms with Gasteiger partial charge in [-0.15, -0.1) is 0 Å². The highest BCUT2D eigenvalue weighted by Crippen LogP contribution is 2.26. The Morgan fingerprint density at radius 3 is 1.82 bits per heavy atom. The second-order valence-corrected chi connectivity index (χ2v) is 9.13. The monoisotopic (exact) mass is 530 g/mol. The van der Waals surface area contributed by atoms with Crippen LogP contribution >= 0.6 is 0 Å². The van der Waals surface area contributed by atoms with E-state index in [1.165, 1.54) is 24.1 Å². The Morgan fingerprint density at radius 2 is 1.32 bits per heavy atom. The Balaban J connectivity index is 2.14. The van der Waals surface area contributed by atoms with E-state index in [1.54, 1.807) is 0 Å². The molecule has 0 aromatic heterocycles. The fourth-order valence-corrected chi connectivity index (χ4v) is 3.76. The molecular weight excluding hydrogens is 494 g/mol. The maximum Gasteiger partial charge on any atom is 0.335 e. The number of hydrogen-bond donors (Lipinski definition) is 2. The van der Waals surface area contributed by atoms with Crippen LogP contribution in [0, 0.1) is 11.6 Å². The van der Waals surface area contributed by atoms with Crippen molar-refractivity contribution in [3.05, 3.63) is 94.6 Å². The highest BCUT2D eigenvalue weighted by molar-refractivity contribution is 5.88. The molecule has 0 saturated carbocycles. The van der Waals surface area contributed by atoms with Crippen LogP contribution in [0.15, 0.2) is 60.7 Å². The van der Waals surface area contributed by atoms with Crippen molar-refractivity contribution in [1.29, 1.82) is 0 Å². The van der Waals surface area contributed by atoms with Gasteiger partial charge in [0.1, 0.15) is 13.2 Å². The van der Waals surface area contributed by atoms with Crippen molar-refractivity contribution < 1.29 is 38.1 Å². The molecule has 0 spiro atoms. The fraction of sp³-hybridized carbons (Fsp3) is 0.400. The Hall–Kier alpha value is -3.36. The van der Waals surface area contributed by atoms with Gasteiger partial charge in [-0.25, -0.2) is 18.4 Å². The largest absolute Gasteiger partial charge is 0.461 e. The molecule has 8 heteroatoms. The van der Waals surface area contributed by atoms with Gasteiger partial charge in [-0.3, -0.25) is 0 Å². The van der Waals surface area contributed by atoms with Crippen LogP contribution in [0.1, 0.15) is 54.4 Å². The number of hydrogen-bond acceptors (Lipinski definition) is 6. The summed E-state index contributed by atoms with van der Waals surface area (Å²) in [5, 5.41) is 18.1. The molecule has 0 atom stereocenters. The summed E-state index contributed by atoms with van der Waals surface area (Å²) in [4.78, 5) is 23.8. The molecule has 206 valence electrons. The minimum atomic E-state index is -1.13. The van der Waals surface area contributed by atoms with Gasteiger partial charge >= 0.3 is 11.9 Å². The number of aliphatic hydroxyl groups is 2. The van der Waals surface area contributed by atoms with Gasteiger partial charge in [0, 0.05) is 5.56 Å². The summed E-state index contributed by atoms with van der Waals surface area (Å²) in [6.07, 6.45) is 5.30. The molecule has 0 aliphatic rings. The topological polar surface area (TPSA) is 93.1 Å². The predicted molar refractivity (Wildman–Crippen MR) is 141 cm³/mol. The van der Waals surface area contributed by atoms with Crippen LogP contribution in [0.3, 0.4) is 0 Å². The molecule has 0 radical (unpaired) electrons. The lowest BCUT2D eigenvalue weighted by atomic mass is 9.95. The Morgan fingerprint density at radius 1 is 0.789 bits per heavy atom. The molecule has 0 bridgehead atoms. The average molecular weight is 531 g/mol. The molecule has 0 saturated heterocycles. The zero-order chi connectivity index (χ0) is 28.1. The normalized spacial score (nSPS) is 10.9. The molecule has 2 aromatic carbocycles. The zero-order valence-electron chi connectivity index (χ0n) is 21.8. The molecule has 0 aliphatic heterocycles. The second kappa shape index (κ2) is 15.8. The first-order valence-electron chi connectivity index (χ1n) is 12.7. The van der Waals surface area contributed by atoms with E-state index >= 15 is 8.78 Å². The van der Waals surface area contributed by atoms with Gasteiger partial charge in [0.15, 0.2) is 11.6 Å². The minimum absolute atomic E-state index is 0.146. The lowest BCUT2D eigenvalue weighted by Gasteiger charge is -2.20. The Kier molecular flexibility index (Phi) is 12.8. The molecule has 0 aliphatic carbocycles. The predicted octanol–water partition coefficient (Wildman–Crippen LogP) is 4.75. The number of halogens is 2. The maximum absolute atomic E-state index is 15.2. The van der Waals surface area contributed by atoms with Crippen molar-refractivity contribution in [3.8, 4) is 0 Å². The SMILES string of the molecule is C=C(CO)C(=O)OCC(COC(=O)C(=C)CO)c1ccc(CCc2ccc(CCCCC)cc2)c(F)c1F. The molecule has 0 fully saturated rings. The number of rotatable bonds is 16. The molecule has 6 nitrogen and oxygen atoms in total. The van der Waals surface area contributed by atoms with Gasteiger partial charge < -0.3 is 19.7 Å². The summed E-state index contributed by atoms with van der Waals surface area (Å²) < 4.78 is 40.3. The van der Waals surface area contributed by atoms with Gasteiger partial charge in [0.2, 0.25) is 0 Å². The van der Waals surface area contributed by atoms with E-state index in [0.29, 0.717) is 6.42 Å². The van der Waals surface area contributed by atoms with Crippen LogP contribution < -0.4 is 0 Å². The number of esters is 2. The van der Waals surface area contributed by atoms with E-state index in [1.807, 2.05) is 12.1 Å². The van der Waals surface area contributed by atoms with Crippen LogP contribution in [0.2, 0.25) is 0 Å². The molecule has 0 amide bonds. The van der Waals surface area contributed by atoms with Crippen molar-refractivity contribution in [1.82, 2.24) is 0 Å². The highest BCUT2D eigenvalue weighted by atomic mass is 19.2. The van der Waals surface area contributed by atoms with Crippen molar-refractivity contribution in [3.63, 3.8) is 0 Å². The Bertz CT molecular complexity index is 1080. The van der Waals surface area contributed by atoms with Crippen LogP contribution in [0.25, 0.3) is 0 Å². The van der Waals surface area contributed by atoms with E-state index in [9.17, 15) is 9.59 Å². The van der Waals surface area contributed by atoms with Gasteiger partial charge in [0.25, 0.3) is 0 Å². The third-order valence-electron chi connectivity index (χ3n) is 6.20. The van der Waals surface area contributed by atoms with Crippen LogP contribution in [-0.4, -0.2) is 48.6 Å². The zero-order valence-corrected chi connectivity index (χ0v) is 21.8. The molecule has 0 heterocycles. The van der Waals surface area contributed by atoms with Crippen molar-refractivity contribution >= 4 is 11.9 Å². The smallest absolute Gasteiger partial charge is 0.335 e. The van der Waals surface area contributed by atoms with E-state index in [4.69, 9.17) is 19.7 Å². The number of carbonyl (C=O) groups excluding carboxylic acids is 2. The summed E-state index contributed by atoms with van der Waals surface area (Å²) in [7, 11) is 0.